The summed E-state index contributed by atoms with van der Waals surface area (Å²) in [7, 11) is 0. The SMILES string of the molecule is Cc1ccc2c(c1)C(=O)N(c1cccc(N3C(=O)c4ccc(Oc5ccc6c(c5)C(C)(C)CC65CC(C)(C)c6cc(O)ccc65)cc4C3=O)c1)C2=O. The van der Waals surface area contributed by atoms with Crippen molar-refractivity contribution in [1.29, 1.82) is 0 Å². The monoisotopic (exact) mass is 688 g/mol. The van der Waals surface area contributed by atoms with Gasteiger partial charge in [-0.2, -0.15) is 0 Å². The van der Waals surface area contributed by atoms with Crippen molar-refractivity contribution in [3.05, 3.63) is 147 Å². The first-order valence-corrected chi connectivity index (χ1v) is 17.5. The molecule has 8 heteroatoms. The number of anilines is 2. The van der Waals surface area contributed by atoms with Gasteiger partial charge in [0.15, 0.2) is 0 Å². The smallest absolute Gasteiger partial charge is 0.266 e. The Hall–Kier alpha value is -6.02. The fourth-order valence-corrected chi connectivity index (χ4v) is 9.38. The first-order valence-electron chi connectivity index (χ1n) is 17.5. The lowest BCUT2D eigenvalue weighted by atomic mass is 9.72. The summed E-state index contributed by atoms with van der Waals surface area (Å²) < 4.78 is 6.38. The maximum Gasteiger partial charge on any atom is 0.266 e. The van der Waals surface area contributed by atoms with Crippen molar-refractivity contribution in [2.24, 2.45) is 0 Å². The molecular formula is C44H36N2O6. The molecule has 0 saturated carbocycles. The van der Waals surface area contributed by atoms with Crippen LogP contribution in [0.2, 0.25) is 0 Å². The number of imide groups is 2. The summed E-state index contributed by atoms with van der Waals surface area (Å²) in [6.07, 6.45) is 1.87. The number of benzene rings is 5. The standard InChI is InChI=1S/C44H36N2O6/c1-24-9-13-30-32(17-24)40(50)45(38(30)48)25-7-6-8-26(18-25)46-39(49)31-14-11-28(20-33(31)41(46)51)52-29-12-16-35-37(21-29)43(4,5)23-44(35)22-42(2,3)36-19-27(47)10-15-34(36)44/h6-21,47H,22-23H2,1-5H3. The number of nitrogens with zero attached hydrogens (tertiary/aromatic N) is 2. The molecule has 9 rings (SSSR count). The van der Waals surface area contributed by atoms with Crippen LogP contribution in [0.3, 0.4) is 0 Å². The van der Waals surface area contributed by atoms with Crippen LogP contribution in [0.25, 0.3) is 0 Å². The molecule has 5 aromatic carbocycles. The number of carbonyl (C=O) groups is 4. The Morgan fingerprint density at radius 2 is 1.04 bits per heavy atom. The Balaban J connectivity index is 1.00. The summed E-state index contributed by atoms with van der Waals surface area (Å²) in [6, 6.07) is 28.3. The van der Waals surface area contributed by atoms with E-state index in [0.29, 0.717) is 22.6 Å². The van der Waals surface area contributed by atoms with Gasteiger partial charge in [-0.15, -0.1) is 0 Å². The molecule has 0 aromatic heterocycles. The molecule has 2 aliphatic carbocycles. The molecular weight excluding hydrogens is 652 g/mol. The van der Waals surface area contributed by atoms with Gasteiger partial charge in [0.2, 0.25) is 0 Å². The lowest BCUT2D eigenvalue weighted by Crippen LogP contribution is -2.31. The van der Waals surface area contributed by atoms with E-state index in [1.807, 2.05) is 19.1 Å². The normalized spacial score (nSPS) is 20.4. The summed E-state index contributed by atoms with van der Waals surface area (Å²) in [5.74, 6) is -0.594. The number of carbonyl (C=O) groups excluding carboxylic acids is 4. The summed E-state index contributed by atoms with van der Waals surface area (Å²) in [5.41, 5.74) is 6.97. The van der Waals surface area contributed by atoms with Crippen LogP contribution in [0.1, 0.15) is 110 Å². The third-order valence-electron chi connectivity index (χ3n) is 11.5. The molecule has 258 valence electrons. The van der Waals surface area contributed by atoms with Gasteiger partial charge >= 0.3 is 0 Å². The molecule has 0 saturated heterocycles. The van der Waals surface area contributed by atoms with Crippen LogP contribution in [0.15, 0.2) is 97.1 Å². The molecule has 2 aliphatic heterocycles. The summed E-state index contributed by atoms with van der Waals surface area (Å²) in [6.45, 7) is 10.9. The average Bonchev–Trinajstić information content (AvgIpc) is 3.67. The number of aryl methyl sites for hydroxylation is 1. The Kier molecular flexibility index (Phi) is 6.45. The van der Waals surface area contributed by atoms with E-state index in [1.165, 1.54) is 28.3 Å². The molecule has 0 radical (unpaired) electrons. The molecule has 2 heterocycles. The zero-order valence-electron chi connectivity index (χ0n) is 29.5. The van der Waals surface area contributed by atoms with Crippen LogP contribution in [0, 0.1) is 6.92 Å². The number of phenols is 1. The van der Waals surface area contributed by atoms with Gasteiger partial charge in [-0.1, -0.05) is 57.5 Å². The molecule has 1 atom stereocenters. The van der Waals surface area contributed by atoms with Crippen LogP contribution in [0.5, 0.6) is 17.2 Å². The second-order valence-corrected chi connectivity index (χ2v) is 15.9. The van der Waals surface area contributed by atoms with E-state index in [9.17, 15) is 24.3 Å². The molecule has 0 fully saturated rings. The summed E-state index contributed by atoms with van der Waals surface area (Å²) in [5, 5.41) is 10.3. The molecule has 0 bridgehead atoms. The summed E-state index contributed by atoms with van der Waals surface area (Å²) >= 11 is 0. The number of ether oxygens (including phenoxy) is 1. The van der Waals surface area contributed by atoms with Gasteiger partial charge in [-0.3, -0.25) is 19.2 Å². The first-order chi connectivity index (χ1) is 24.7. The predicted molar refractivity (Wildman–Crippen MR) is 197 cm³/mol. The van der Waals surface area contributed by atoms with Gasteiger partial charge in [-0.25, -0.2) is 9.80 Å². The molecule has 1 N–H and O–H groups in total. The van der Waals surface area contributed by atoms with Crippen molar-refractivity contribution < 1.29 is 29.0 Å². The van der Waals surface area contributed by atoms with Gasteiger partial charge in [0.1, 0.15) is 17.2 Å². The Labute approximate surface area is 301 Å². The number of hydrogen-bond acceptors (Lipinski definition) is 6. The minimum Gasteiger partial charge on any atom is -0.508 e. The second-order valence-electron chi connectivity index (χ2n) is 15.9. The van der Waals surface area contributed by atoms with E-state index < -0.39 is 23.6 Å². The minimum absolute atomic E-state index is 0.0986. The largest absolute Gasteiger partial charge is 0.508 e. The highest BCUT2D eigenvalue weighted by Gasteiger charge is 2.56. The van der Waals surface area contributed by atoms with Gasteiger partial charge in [-0.05, 0) is 126 Å². The third kappa shape index (κ3) is 4.39. The quantitative estimate of drug-likeness (QED) is 0.190. The fourth-order valence-electron chi connectivity index (χ4n) is 9.38. The van der Waals surface area contributed by atoms with Crippen molar-refractivity contribution in [3.8, 4) is 17.2 Å². The lowest BCUT2D eigenvalue weighted by molar-refractivity contribution is 0.0912. The minimum atomic E-state index is -0.522. The Morgan fingerprint density at radius 1 is 0.538 bits per heavy atom. The number of phenolic OH excluding ortho intramolecular Hbond substituents is 1. The van der Waals surface area contributed by atoms with E-state index in [0.717, 1.165) is 28.2 Å². The second kappa shape index (κ2) is 10.5. The molecule has 5 aromatic rings. The number of hydrogen-bond donors (Lipinski definition) is 1. The van der Waals surface area contributed by atoms with Gasteiger partial charge in [0.05, 0.1) is 33.6 Å². The van der Waals surface area contributed by atoms with Crippen molar-refractivity contribution in [2.45, 2.75) is 63.7 Å². The highest BCUT2D eigenvalue weighted by Crippen LogP contribution is 2.63. The zero-order valence-corrected chi connectivity index (χ0v) is 29.5. The summed E-state index contributed by atoms with van der Waals surface area (Å²) in [4.78, 5) is 56.1. The number of fused-ring (bicyclic) bond motifs is 6. The van der Waals surface area contributed by atoms with Crippen LogP contribution in [-0.2, 0) is 16.2 Å². The van der Waals surface area contributed by atoms with E-state index in [-0.39, 0.29) is 44.5 Å². The van der Waals surface area contributed by atoms with Gasteiger partial charge < -0.3 is 9.84 Å². The maximum atomic E-state index is 13.8. The zero-order chi connectivity index (χ0) is 36.5. The van der Waals surface area contributed by atoms with E-state index in [2.05, 4.69) is 45.9 Å². The lowest BCUT2D eigenvalue weighted by Gasteiger charge is -2.30. The Morgan fingerprint density at radius 3 is 1.67 bits per heavy atom. The molecule has 4 aliphatic rings. The van der Waals surface area contributed by atoms with E-state index in [4.69, 9.17) is 4.74 Å². The van der Waals surface area contributed by atoms with E-state index >= 15 is 0 Å². The van der Waals surface area contributed by atoms with Crippen molar-refractivity contribution >= 4 is 35.0 Å². The number of aromatic hydroxyl groups is 1. The topological polar surface area (TPSA) is 104 Å². The third-order valence-corrected chi connectivity index (χ3v) is 11.5. The highest BCUT2D eigenvalue weighted by molar-refractivity contribution is 6.36. The Bertz CT molecular complexity index is 2480. The maximum absolute atomic E-state index is 13.8. The van der Waals surface area contributed by atoms with Crippen LogP contribution in [-0.4, -0.2) is 28.7 Å². The molecule has 8 nitrogen and oxygen atoms in total. The number of rotatable bonds is 4. The fraction of sp³-hybridized carbons (Fsp3) is 0.227. The predicted octanol–water partition coefficient (Wildman–Crippen LogP) is 8.74. The van der Waals surface area contributed by atoms with E-state index in [1.54, 1.807) is 60.7 Å². The van der Waals surface area contributed by atoms with Crippen molar-refractivity contribution in [3.63, 3.8) is 0 Å². The highest BCUT2D eigenvalue weighted by atomic mass is 16.5. The van der Waals surface area contributed by atoms with Gasteiger partial charge in [0.25, 0.3) is 23.6 Å². The number of amides is 4. The van der Waals surface area contributed by atoms with Crippen LogP contribution < -0.4 is 14.5 Å². The first kappa shape index (κ1) is 31.9. The molecule has 1 unspecified atom stereocenters. The van der Waals surface area contributed by atoms with Crippen LogP contribution >= 0.6 is 0 Å². The molecule has 52 heavy (non-hydrogen) atoms. The van der Waals surface area contributed by atoms with Gasteiger partial charge in [0, 0.05) is 5.41 Å². The van der Waals surface area contributed by atoms with Crippen molar-refractivity contribution in [2.75, 3.05) is 9.80 Å². The van der Waals surface area contributed by atoms with Crippen molar-refractivity contribution in [1.82, 2.24) is 0 Å². The molecule has 1 spiro atoms. The molecule has 4 amide bonds. The average molecular weight is 689 g/mol. The van der Waals surface area contributed by atoms with Crippen LogP contribution in [0.4, 0.5) is 11.4 Å².